The third kappa shape index (κ3) is 2.32. The van der Waals surface area contributed by atoms with Gasteiger partial charge in [0.15, 0.2) is 0 Å². The molecule has 1 N–H and O–H groups in total. The van der Waals surface area contributed by atoms with Gasteiger partial charge in [-0.05, 0) is 23.6 Å². The molecule has 0 aliphatic rings. The number of nitrogens with one attached hydrogen (secondary N) is 1. The molecule has 0 amide bonds. The molecule has 0 aliphatic heterocycles. The minimum atomic E-state index is 0.730. The van der Waals surface area contributed by atoms with Crippen LogP contribution in [0.1, 0.15) is 5.56 Å². The number of nitrogens with zero attached hydrogens (tertiary/aromatic N) is 2. The van der Waals surface area contributed by atoms with Crippen molar-refractivity contribution < 1.29 is 0 Å². The molecule has 3 heteroatoms. The van der Waals surface area contributed by atoms with Gasteiger partial charge in [0, 0.05) is 29.4 Å². The Morgan fingerprint density at radius 1 is 1.20 bits per heavy atom. The Balaban J connectivity index is 2.04. The highest BCUT2D eigenvalue weighted by Crippen LogP contribution is 2.24. The molecular weight excluding hydrogens is 246 g/mol. The monoisotopic (exact) mass is 259 g/mol. The standard InChI is InChI=1S/C17H13N3/c18-9-5-4-8-14-11-19-17-16(14)10-15(12-20-17)13-6-2-1-3-7-13/h1-7,10-12H,8H2,(H,19,20)/b5-4+. The highest BCUT2D eigenvalue weighted by atomic mass is 14.8. The zero-order chi connectivity index (χ0) is 13.8. The minimum absolute atomic E-state index is 0.730. The lowest BCUT2D eigenvalue weighted by Gasteiger charge is -2.02. The smallest absolute Gasteiger partial charge is 0.137 e. The second-order valence-corrected chi connectivity index (χ2v) is 4.54. The van der Waals surface area contributed by atoms with E-state index in [0.29, 0.717) is 0 Å². The molecule has 0 unspecified atom stereocenters. The second-order valence-electron chi connectivity index (χ2n) is 4.54. The summed E-state index contributed by atoms with van der Waals surface area (Å²) < 4.78 is 0. The van der Waals surface area contributed by atoms with E-state index >= 15 is 0 Å². The van der Waals surface area contributed by atoms with Crippen molar-refractivity contribution in [3.8, 4) is 17.2 Å². The highest BCUT2D eigenvalue weighted by molar-refractivity contribution is 5.84. The Morgan fingerprint density at radius 3 is 2.85 bits per heavy atom. The number of rotatable bonds is 3. The Morgan fingerprint density at radius 2 is 2.05 bits per heavy atom. The Labute approximate surface area is 117 Å². The van der Waals surface area contributed by atoms with E-state index in [4.69, 9.17) is 5.26 Å². The molecule has 96 valence electrons. The lowest BCUT2D eigenvalue weighted by atomic mass is 10.0. The summed E-state index contributed by atoms with van der Waals surface area (Å²) in [7, 11) is 0. The number of allylic oxidation sites excluding steroid dienone is 2. The molecule has 0 saturated carbocycles. The van der Waals surface area contributed by atoms with Crippen LogP contribution in [0.5, 0.6) is 0 Å². The lowest BCUT2D eigenvalue weighted by Crippen LogP contribution is -1.83. The van der Waals surface area contributed by atoms with Crippen molar-refractivity contribution in [1.82, 2.24) is 9.97 Å². The summed E-state index contributed by atoms with van der Waals surface area (Å²) in [5.41, 5.74) is 4.28. The zero-order valence-electron chi connectivity index (χ0n) is 10.9. The van der Waals surface area contributed by atoms with E-state index in [-0.39, 0.29) is 0 Å². The number of aromatic nitrogens is 2. The van der Waals surface area contributed by atoms with E-state index in [1.54, 1.807) is 0 Å². The Bertz CT molecular complexity index is 792. The van der Waals surface area contributed by atoms with Gasteiger partial charge in [-0.1, -0.05) is 36.4 Å². The number of hydrogen-bond donors (Lipinski definition) is 1. The maximum atomic E-state index is 8.54. The minimum Gasteiger partial charge on any atom is -0.346 e. The fourth-order valence-electron chi connectivity index (χ4n) is 2.25. The number of aromatic amines is 1. The van der Waals surface area contributed by atoms with Crippen molar-refractivity contribution in [2.45, 2.75) is 6.42 Å². The van der Waals surface area contributed by atoms with Crippen LogP contribution < -0.4 is 0 Å². The number of hydrogen-bond acceptors (Lipinski definition) is 2. The van der Waals surface area contributed by atoms with Crippen LogP contribution in [0, 0.1) is 11.3 Å². The molecule has 3 rings (SSSR count). The maximum Gasteiger partial charge on any atom is 0.137 e. The first-order valence-electron chi connectivity index (χ1n) is 6.44. The maximum absolute atomic E-state index is 8.54. The van der Waals surface area contributed by atoms with E-state index in [0.717, 1.165) is 34.1 Å². The van der Waals surface area contributed by atoms with Gasteiger partial charge in [-0.2, -0.15) is 5.26 Å². The predicted octanol–water partition coefficient (Wildman–Crippen LogP) is 3.85. The summed E-state index contributed by atoms with van der Waals surface area (Å²) in [6.07, 6.45) is 7.93. The molecule has 0 aliphatic carbocycles. The fraction of sp³-hybridized carbons (Fsp3) is 0.0588. The molecule has 1 aromatic carbocycles. The highest BCUT2D eigenvalue weighted by Gasteiger charge is 2.05. The first-order chi connectivity index (χ1) is 9.88. The summed E-state index contributed by atoms with van der Waals surface area (Å²) in [6, 6.07) is 14.3. The second kappa shape index (κ2) is 5.41. The van der Waals surface area contributed by atoms with Crippen LogP contribution in [0.4, 0.5) is 0 Å². The van der Waals surface area contributed by atoms with E-state index in [1.807, 2.05) is 42.7 Å². The lowest BCUT2D eigenvalue weighted by molar-refractivity contribution is 1.28. The summed E-state index contributed by atoms with van der Waals surface area (Å²) >= 11 is 0. The molecule has 2 aromatic heterocycles. The molecule has 0 atom stereocenters. The molecule has 3 nitrogen and oxygen atoms in total. The quantitative estimate of drug-likeness (QED) is 0.726. The molecule has 0 saturated heterocycles. The van der Waals surface area contributed by atoms with Crippen molar-refractivity contribution in [1.29, 1.82) is 5.26 Å². The third-order valence-electron chi connectivity index (χ3n) is 3.25. The van der Waals surface area contributed by atoms with Gasteiger partial charge in [-0.25, -0.2) is 4.98 Å². The molecule has 3 aromatic rings. The van der Waals surface area contributed by atoms with Gasteiger partial charge in [-0.15, -0.1) is 0 Å². The van der Waals surface area contributed by atoms with Gasteiger partial charge in [0.05, 0.1) is 6.07 Å². The normalized spacial score (nSPS) is 10.9. The van der Waals surface area contributed by atoms with Crippen LogP contribution in [-0.2, 0) is 6.42 Å². The molecule has 20 heavy (non-hydrogen) atoms. The van der Waals surface area contributed by atoms with Crippen molar-refractivity contribution in [2.24, 2.45) is 0 Å². The Hall–Kier alpha value is -2.86. The van der Waals surface area contributed by atoms with Gasteiger partial charge < -0.3 is 4.98 Å². The van der Waals surface area contributed by atoms with Crippen molar-refractivity contribution in [3.05, 3.63) is 66.5 Å². The van der Waals surface area contributed by atoms with E-state index in [1.165, 1.54) is 6.08 Å². The van der Waals surface area contributed by atoms with Crippen molar-refractivity contribution in [3.63, 3.8) is 0 Å². The number of nitriles is 1. The first kappa shape index (κ1) is 12.2. The SMILES string of the molecule is N#C/C=C/Cc1c[nH]c2ncc(-c3ccccc3)cc12. The van der Waals surface area contributed by atoms with Crippen LogP contribution in [0.15, 0.2) is 60.9 Å². The average Bonchev–Trinajstić information content (AvgIpc) is 2.91. The molecule has 0 spiro atoms. The summed E-state index contributed by atoms with van der Waals surface area (Å²) in [5.74, 6) is 0. The Kier molecular flexibility index (Phi) is 3.30. The van der Waals surface area contributed by atoms with Crippen LogP contribution >= 0.6 is 0 Å². The summed E-state index contributed by atoms with van der Waals surface area (Å²) in [6.45, 7) is 0. The molecule has 0 radical (unpaired) electrons. The largest absolute Gasteiger partial charge is 0.346 e. The average molecular weight is 259 g/mol. The van der Waals surface area contributed by atoms with Crippen molar-refractivity contribution >= 4 is 11.0 Å². The summed E-state index contributed by atoms with van der Waals surface area (Å²) in [5, 5.41) is 9.65. The summed E-state index contributed by atoms with van der Waals surface area (Å²) in [4.78, 5) is 7.63. The fourth-order valence-corrected chi connectivity index (χ4v) is 2.25. The van der Waals surface area contributed by atoms with Gasteiger partial charge in [-0.3, -0.25) is 0 Å². The number of H-pyrrole nitrogens is 1. The van der Waals surface area contributed by atoms with Crippen LogP contribution in [0.25, 0.3) is 22.2 Å². The predicted molar refractivity (Wildman–Crippen MR) is 80.0 cm³/mol. The van der Waals surface area contributed by atoms with Gasteiger partial charge >= 0.3 is 0 Å². The van der Waals surface area contributed by atoms with Gasteiger partial charge in [0.25, 0.3) is 0 Å². The first-order valence-corrected chi connectivity index (χ1v) is 6.44. The van der Waals surface area contributed by atoms with Crippen molar-refractivity contribution in [2.75, 3.05) is 0 Å². The van der Waals surface area contributed by atoms with Crippen LogP contribution in [-0.4, -0.2) is 9.97 Å². The number of fused-ring (bicyclic) bond motifs is 1. The van der Waals surface area contributed by atoms with Gasteiger partial charge in [0.2, 0.25) is 0 Å². The third-order valence-corrected chi connectivity index (χ3v) is 3.25. The topological polar surface area (TPSA) is 52.5 Å². The zero-order valence-corrected chi connectivity index (χ0v) is 10.9. The van der Waals surface area contributed by atoms with Crippen LogP contribution in [0.3, 0.4) is 0 Å². The number of benzene rings is 1. The van der Waals surface area contributed by atoms with E-state index < -0.39 is 0 Å². The molecular formula is C17H13N3. The van der Waals surface area contributed by atoms with Crippen LogP contribution in [0.2, 0.25) is 0 Å². The molecule has 0 bridgehead atoms. The number of pyridine rings is 1. The molecule has 2 heterocycles. The van der Waals surface area contributed by atoms with E-state index in [2.05, 4.69) is 28.2 Å². The van der Waals surface area contributed by atoms with E-state index in [9.17, 15) is 0 Å². The van der Waals surface area contributed by atoms with Gasteiger partial charge in [0.1, 0.15) is 5.65 Å². The molecule has 0 fully saturated rings.